The van der Waals surface area contributed by atoms with Crippen LogP contribution in [0, 0.1) is 23.7 Å². The molecule has 17 heteroatoms. The summed E-state index contributed by atoms with van der Waals surface area (Å²) in [5.74, 6) is 2.53. The number of carbonyl (C=O) groups is 4. The summed E-state index contributed by atoms with van der Waals surface area (Å²) in [6.07, 6.45) is 17.3. The second-order valence-electron chi connectivity index (χ2n) is 19.9. The summed E-state index contributed by atoms with van der Waals surface area (Å²) in [5, 5.41) is 17.2. The number of hydrazone groups is 1. The quantitative estimate of drug-likeness (QED) is 0.0104. The highest BCUT2D eigenvalue weighted by Crippen LogP contribution is 2.35. The van der Waals surface area contributed by atoms with E-state index in [4.69, 9.17) is 48.0 Å². The lowest BCUT2D eigenvalue weighted by molar-refractivity contribution is -0.141. The van der Waals surface area contributed by atoms with Crippen molar-refractivity contribution < 1.29 is 62.2 Å². The molecule has 5 aromatic rings. The number of aliphatic hydroxyl groups excluding tert-OH is 1. The van der Waals surface area contributed by atoms with Gasteiger partial charge in [0.2, 0.25) is 5.13 Å². The van der Waals surface area contributed by atoms with E-state index in [1.165, 1.54) is 23.5 Å². The van der Waals surface area contributed by atoms with Crippen molar-refractivity contribution in [1.82, 2.24) is 4.98 Å². The number of rotatable bonds is 33. The highest BCUT2D eigenvalue weighted by atomic mass is 32.1. The third-order valence-corrected chi connectivity index (χ3v) is 15.0. The Hall–Kier alpha value is -7.24. The molecule has 0 amide bonds. The molecule has 1 aromatic heterocycles. The van der Waals surface area contributed by atoms with E-state index in [0.717, 1.165) is 87.3 Å². The summed E-state index contributed by atoms with van der Waals surface area (Å²) in [5.41, 5.74) is 1.57. The molecule has 2 fully saturated rings. The molecular formula is C62H75N3O13S. The molecule has 1 N–H and O–H groups in total. The zero-order valence-corrected chi connectivity index (χ0v) is 46.0. The Balaban J connectivity index is 0.856. The highest BCUT2D eigenvalue weighted by molar-refractivity contribution is 7.22. The Kier molecular flexibility index (Phi) is 24.5. The van der Waals surface area contributed by atoms with Crippen LogP contribution >= 0.6 is 11.3 Å². The lowest BCUT2D eigenvalue weighted by Gasteiger charge is -2.28. The van der Waals surface area contributed by atoms with Gasteiger partial charge in [-0.3, -0.25) is 9.59 Å². The highest BCUT2D eigenvalue weighted by Gasteiger charge is 2.30. The fourth-order valence-electron chi connectivity index (χ4n) is 9.37. The van der Waals surface area contributed by atoms with Crippen LogP contribution in [0.4, 0.5) is 5.13 Å². The predicted molar refractivity (Wildman–Crippen MR) is 304 cm³/mol. The standard InChI is InChI=1S/C62H75N3O13S/c1-3-58(67)73-39-13-7-5-11-37-71-50-25-29-52(30-26-50)77-60(69)47-21-17-45(18-22-47)43-75-54-33-34-56(49(41-54)42-63-65(35-36-66)62-64-55-15-9-10-16-57(55)79-62)76-44-46-19-23-48(24-20-46)61(70)78-53-31-27-51(28-32-53)72-38-12-6-8-14-40-74-59(68)4-2/h3-4,9-10,15-16,25-34,41-42,45-48,66H,1-2,5-8,11-14,17-24,35-40,43-44H2/b63-42+. The molecule has 0 spiro atoms. The molecule has 0 aliphatic heterocycles. The lowest BCUT2D eigenvalue weighted by Crippen LogP contribution is -2.28. The van der Waals surface area contributed by atoms with Crippen molar-refractivity contribution in [2.45, 2.75) is 103 Å². The van der Waals surface area contributed by atoms with Crippen LogP contribution in [0.1, 0.15) is 108 Å². The molecule has 2 aliphatic rings. The first-order valence-corrected chi connectivity index (χ1v) is 28.6. The number of esters is 4. The van der Waals surface area contributed by atoms with E-state index in [1.807, 2.05) is 66.7 Å². The number of aliphatic hydroxyl groups is 1. The predicted octanol–water partition coefficient (Wildman–Crippen LogP) is 12.0. The second-order valence-corrected chi connectivity index (χ2v) is 20.9. The van der Waals surface area contributed by atoms with E-state index >= 15 is 0 Å². The number of benzene rings is 4. The molecule has 2 aliphatic carbocycles. The maximum atomic E-state index is 13.3. The van der Waals surface area contributed by atoms with E-state index in [2.05, 4.69) is 13.2 Å². The Bertz CT molecular complexity index is 2700. The van der Waals surface area contributed by atoms with Gasteiger partial charge in [-0.25, -0.2) is 19.6 Å². The number of unbranched alkanes of at least 4 members (excludes halogenated alkanes) is 6. The molecule has 79 heavy (non-hydrogen) atoms. The monoisotopic (exact) mass is 1100 g/mol. The van der Waals surface area contributed by atoms with Crippen molar-refractivity contribution in [3.8, 4) is 34.5 Å². The number of para-hydroxylation sites is 1. The minimum atomic E-state index is -0.399. The van der Waals surface area contributed by atoms with E-state index in [9.17, 15) is 24.3 Å². The zero-order valence-electron chi connectivity index (χ0n) is 45.2. The van der Waals surface area contributed by atoms with Gasteiger partial charge in [-0.15, -0.1) is 0 Å². The molecule has 0 radical (unpaired) electrons. The number of ether oxygens (including phenoxy) is 8. The Morgan fingerprint density at radius 1 is 0.582 bits per heavy atom. The Labute approximate surface area is 467 Å². The maximum Gasteiger partial charge on any atom is 0.330 e. The van der Waals surface area contributed by atoms with Crippen LogP contribution in [0.15, 0.2) is 121 Å². The summed E-state index contributed by atoms with van der Waals surface area (Å²) in [7, 11) is 0. The van der Waals surface area contributed by atoms with Crippen LogP contribution in [0.3, 0.4) is 0 Å². The van der Waals surface area contributed by atoms with Crippen LogP contribution in [0.25, 0.3) is 10.2 Å². The fraction of sp³-hybridized carbons (Fsp3) is 0.452. The van der Waals surface area contributed by atoms with Gasteiger partial charge in [0, 0.05) is 17.7 Å². The van der Waals surface area contributed by atoms with Crippen molar-refractivity contribution in [3.63, 3.8) is 0 Å². The van der Waals surface area contributed by atoms with Crippen LogP contribution in [0.5, 0.6) is 34.5 Å². The maximum absolute atomic E-state index is 13.3. The van der Waals surface area contributed by atoms with E-state index < -0.39 is 11.9 Å². The van der Waals surface area contributed by atoms with Crippen LogP contribution in [-0.4, -0.2) is 93.0 Å². The Morgan fingerprint density at radius 3 is 1.57 bits per heavy atom. The molecular weight excluding hydrogens is 1030 g/mol. The molecule has 422 valence electrons. The van der Waals surface area contributed by atoms with Gasteiger partial charge in [0.25, 0.3) is 0 Å². The van der Waals surface area contributed by atoms with Crippen molar-refractivity contribution in [3.05, 3.63) is 122 Å². The third kappa shape index (κ3) is 20.2. The summed E-state index contributed by atoms with van der Waals surface area (Å²) in [6.45, 7) is 9.77. The van der Waals surface area contributed by atoms with Crippen molar-refractivity contribution in [2.75, 3.05) is 57.8 Å². The second kappa shape index (κ2) is 32.6. The number of hydrogen-bond donors (Lipinski definition) is 1. The van der Waals surface area contributed by atoms with Gasteiger partial charge in [0.15, 0.2) is 0 Å². The van der Waals surface area contributed by atoms with Gasteiger partial charge in [-0.2, -0.15) is 5.10 Å². The van der Waals surface area contributed by atoms with Crippen molar-refractivity contribution in [2.24, 2.45) is 28.8 Å². The number of nitrogens with zero attached hydrogens (tertiary/aromatic N) is 3. The average Bonchev–Trinajstić information content (AvgIpc) is 3.95. The molecule has 1 heterocycles. The number of hydrogen-bond acceptors (Lipinski definition) is 17. The van der Waals surface area contributed by atoms with Gasteiger partial charge in [-0.1, -0.05) is 36.6 Å². The number of thiazole rings is 1. The summed E-state index contributed by atoms with van der Waals surface area (Å²) >= 11 is 1.50. The summed E-state index contributed by atoms with van der Waals surface area (Å²) in [6, 6.07) is 27.9. The molecule has 0 bridgehead atoms. The van der Waals surface area contributed by atoms with Crippen LogP contribution in [0.2, 0.25) is 0 Å². The number of fused-ring (bicyclic) bond motifs is 1. The Morgan fingerprint density at radius 2 is 1.06 bits per heavy atom. The number of carbonyl (C=O) groups excluding carboxylic acids is 4. The average molecular weight is 1100 g/mol. The van der Waals surface area contributed by atoms with Gasteiger partial charge in [0.05, 0.1) is 81.1 Å². The third-order valence-electron chi connectivity index (χ3n) is 14.0. The van der Waals surface area contributed by atoms with Crippen LogP contribution in [-0.2, 0) is 28.7 Å². The fourth-order valence-corrected chi connectivity index (χ4v) is 10.3. The van der Waals surface area contributed by atoms with Crippen LogP contribution < -0.4 is 33.4 Å². The number of aromatic nitrogens is 1. The van der Waals surface area contributed by atoms with Gasteiger partial charge in [-0.05, 0) is 193 Å². The minimum Gasteiger partial charge on any atom is -0.494 e. The van der Waals surface area contributed by atoms with E-state index in [1.54, 1.807) is 35.5 Å². The molecule has 7 rings (SSSR count). The minimum absolute atomic E-state index is 0.120. The molecule has 4 aromatic carbocycles. The first kappa shape index (κ1) is 59.4. The molecule has 16 nitrogen and oxygen atoms in total. The topological polar surface area (TPSA) is 191 Å². The summed E-state index contributed by atoms with van der Waals surface area (Å²) < 4.78 is 47.3. The summed E-state index contributed by atoms with van der Waals surface area (Å²) in [4.78, 5) is 53.5. The van der Waals surface area contributed by atoms with Crippen molar-refractivity contribution >= 4 is 56.8 Å². The molecule has 2 saturated carbocycles. The first-order chi connectivity index (χ1) is 38.7. The first-order valence-electron chi connectivity index (χ1n) is 27.8. The molecule has 0 unspecified atom stereocenters. The SMILES string of the molecule is C=CC(=O)OCCCCCCOc1ccc(OC(=O)C2CCC(COc3ccc(OCC4CCC(C(=O)Oc5ccc(OCCCCCCOC(=O)C=C)cc5)CC4)c(/C=N/N(CCO)c4nc5ccccc5s4)c3)CC2)cc1. The van der Waals surface area contributed by atoms with Gasteiger partial charge >= 0.3 is 23.9 Å². The van der Waals surface area contributed by atoms with E-state index in [0.29, 0.717) is 111 Å². The molecule has 0 atom stereocenters. The largest absolute Gasteiger partial charge is 0.494 e. The zero-order chi connectivity index (χ0) is 55.4. The molecule has 0 saturated heterocycles. The van der Waals surface area contributed by atoms with Gasteiger partial charge < -0.3 is 43.0 Å². The van der Waals surface area contributed by atoms with Crippen molar-refractivity contribution in [1.29, 1.82) is 0 Å². The number of anilines is 1. The lowest BCUT2D eigenvalue weighted by atomic mass is 9.82. The smallest absolute Gasteiger partial charge is 0.330 e. The van der Waals surface area contributed by atoms with E-state index in [-0.39, 0.29) is 48.8 Å². The normalized spacial score (nSPS) is 17.1. The van der Waals surface area contributed by atoms with Gasteiger partial charge in [0.1, 0.15) is 34.5 Å².